The van der Waals surface area contributed by atoms with E-state index in [0.29, 0.717) is 40.6 Å². The maximum atomic E-state index is 12.9. The Bertz CT molecular complexity index is 915. The number of carboxylic acid groups (broad SMARTS) is 2. The number of carboxylic acids is 2. The Hall–Kier alpha value is -2.58. The highest BCUT2D eigenvalue weighted by molar-refractivity contribution is 6.31. The van der Waals surface area contributed by atoms with Gasteiger partial charge in [0.1, 0.15) is 11.4 Å². The van der Waals surface area contributed by atoms with Gasteiger partial charge in [-0.3, -0.25) is 4.79 Å². The number of piperidine rings is 1. The van der Waals surface area contributed by atoms with Gasteiger partial charge < -0.3 is 25.2 Å². The summed E-state index contributed by atoms with van der Waals surface area (Å²) < 4.78 is 6.03. The van der Waals surface area contributed by atoms with Gasteiger partial charge in [0.05, 0.1) is 5.56 Å². The average Bonchev–Trinajstić information content (AvgIpc) is 3.08. The van der Waals surface area contributed by atoms with E-state index in [1.807, 2.05) is 19.9 Å². The minimum atomic E-state index is -1.26. The molecular weight excluding hydrogens is 436 g/mol. The summed E-state index contributed by atoms with van der Waals surface area (Å²) in [5.74, 6) is -1.86. The Kier molecular flexibility index (Phi) is 7.15. The molecule has 4 rings (SSSR count). The predicted octanol–water partition coefficient (Wildman–Crippen LogP) is 3.12. The summed E-state index contributed by atoms with van der Waals surface area (Å²) in [4.78, 5) is 34.5. The second kappa shape index (κ2) is 9.50. The van der Waals surface area contributed by atoms with Gasteiger partial charge in [-0.1, -0.05) is 11.6 Å². The third-order valence-corrected chi connectivity index (χ3v) is 6.39. The number of nitrogens with zero attached hydrogens (tertiary/aromatic N) is 1. The highest BCUT2D eigenvalue weighted by Crippen LogP contribution is 2.40. The smallest absolute Gasteiger partial charge is 0.328 e. The number of amides is 1. The molecule has 0 unspecified atom stereocenters. The lowest BCUT2D eigenvalue weighted by atomic mass is 9.97. The molecule has 3 aliphatic heterocycles. The number of hydrogen-bond acceptors (Lipinski definition) is 5. The maximum Gasteiger partial charge on any atom is 0.328 e. The molecule has 3 heterocycles. The van der Waals surface area contributed by atoms with Crippen LogP contribution >= 0.6 is 11.6 Å². The Morgan fingerprint density at radius 3 is 2.22 bits per heavy atom. The summed E-state index contributed by atoms with van der Waals surface area (Å²) in [6, 6.07) is 5.11. The van der Waals surface area contributed by atoms with Gasteiger partial charge >= 0.3 is 11.9 Å². The molecule has 3 atom stereocenters. The Labute approximate surface area is 192 Å². The van der Waals surface area contributed by atoms with E-state index in [0.717, 1.165) is 24.8 Å². The summed E-state index contributed by atoms with van der Waals surface area (Å²) in [7, 11) is 2.21. The minimum Gasteiger partial charge on any atom is -0.486 e. The van der Waals surface area contributed by atoms with Crippen molar-refractivity contribution in [2.75, 3.05) is 7.05 Å². The van der Waals surface area contributed by atoms with Crippen molar-refractivity contribution in [3.63, 3.8) is 0 Å². The lowest BCUT2D eigenvalue weighted by Crippen LogP contribution is -2.48. The van der Waals surface area contributed by atoms with Crippen molar-refractivity contribution in [2.24, 2.45) is 0 Å². The van der Waals surface area contributed by atoms with Crippen LogP contribution in [0, 0.1) is 0 Å². The summed E-state index contributed by atoms with van der Waals surface area (Å²) in [5, 5.41) is 19.5. The molecule has 0 aliphatic carbocycles. The first-order chi connectivity index (χ1) is 14.9. The molecule has 0 saturated carbocycles. The molecule has 3 N–H and O–H groups in total. The van der Waals surface area contributed by atoms with E-state index in [4.69, 9.17) is 26.6 Å². The fourth-order valence-electron chi connectivity index (χ4n) is 4.78. The van der Waals surface area contributed by atoms with E-state index < -0.39 is 11.9 Å². The molecule has 32 heavy (non-hydrogen) atoms. The number of hydrogen-bond donors (Lipinski definition) is 3. The third-order valence-electron chi connectivity index (χ3n) is 6.17. The quantitative estimate of drug-likeness (QED) is 0.586. The highest BCUT2D eigenvalue weighted by Gasteiger charge is 2.40. The SMILES string of the molecule is CN1[C@@H]2CC[C@H]1C[C@@H](NC(=O)c1cc(Cl)cc3c1OC(C)(C)C3)C2.O=C(O)/C=C\C(=O)O. The first kappa shape index (κ1) is 24.1. The van der Waals surface area contributed by atoms with Crippen LogP contribution in [0.15, 0.2) is 24.3 Å². The van der Waals surface area contributed by atoms with Crippen LogP contribution in [-0.2, 0) is 16.0 Å². The molecule has 174 valence electrons. The molecule has 0 radical (unpaired) electrons. The number of rotatable bonds is 4. The standard InChI is InChI=1S/C19H25ClN2O2.C4H4O4/c1-19(2)10-11-6-12(20)7-16(17(11)24-19)18(23)21-13-8-14-4-5-15(9-13)22(14)3;5-3(6)1-2-4(7)8/h6-7,13-15H,4-5,8-10H2,1-3H3,(H,21,23);1-2H,(H,5,6)(H,7,8)/b;2-1-/t13-,14+,15-;. The van der Waals surface area contributed by atoms with Gasteiger partial charge in [0.2, 0.25) is 0 Å². The van der Waals surface area contributed by atoms with Gasteiger partial charge in [0.25, 0.3) is 5.91 Å². The molecule has 0 spiro atoms. The number of halogens is 1. The van der Waals surface area contributed by atoms with Crippen LogP contribution in [0.5, 0.6) is 5.75 Å². The molecule has 1 amide bonds. The van der Waals surface area contributed by atoms with E-state index in [1.54, 1.807) is 6.07 Å². The maximum absolute atomic E-state index is 12.9. The van der Waals surface area contributed by atoms with Gasteiger partial charge in [-0.25, -0.2) is 9.59 Å². The molecule has 0 aromatic heterocycles. The highest BCUT2D eigenvalue weighted by atomic mass is 35.5. The zero-order valence-corrected chi connectivity index (χ0v) is 19.2. The second-order valence-electron chi connectivity index (χ2n) is 9.18. The fraction of sp³-hybridized carbons (Fsp3) is 0.522. The molecular formula is C23H29ClN2O6. The van der Waals surface area contributed by atoms with Crippen molar-refractivity contribution in [3.05, 3.63) is 40.4 Å². The third kappa shape index (κ3) is 5.81. The van der Waals surface area contributed by atoms with Gasteiger partial charge in [0.15, 0.2) is 0 Å². The van der Waals surface area contributed by atoms with Crippen molar-refractivity contribution < 1.29 is 29.3 Å². The molecule has 1 aromatic carbocycles. The van der Waals surface area contributed by atoms with E-state index in [2.05, 4.69) is 17.3 Å². The monoisotopic (exact) mass is 464 g/mol. The molecule has 2 saturated heterocycles. The summed E-state index contributed by atoms with van der Waals surface area (Å²) in [6.07, 6.45) is 6.46. The van der Waals surface area contributed by atoms with Crippen molar-refractivity contribution in [1.82, 2.24) is 10.2 Å². The Morgan fingerprint density at radius 1 is 1.12 bits per heavy atom. The van der Waals surface area contributed by atoms with Crippen molar-refractivity contribution in [3.8, 4) is 5.75 Å². The van der Waals surface area contributed by atoms with Gasteiger partial charge in [-0.05, 0) is 58.7 Å². The Balaban J connectivity index is 0.000000312. The van der Waals surface area contributed by atoms with Gasteiger partial charge in [0, 0.05) is 47.3 Å². The molecule has 1 aromatic rings. The number of benzene rings is 1. The van der Waals surface area contributed by atoms with E-state index in [1.165, 1.54) is 12.8 Å². The van der Waals surface area contributed by atoms with E-state index in [-0.39, 0.29) is 17.6 Å². The van der Waals surface area contributed by atoms with Crippen LogP contribution in [0.4, 0.5) is 0 Å². The van der Waals surface area contributed by atoms with Gasteiger partial charge in [-0.2, -0.15) is 0 Å². The van der Waals surface area contributed by atoms with Crippen LogP contribution in [0.3, 0.4) is 0 Å². The predicted molar refractivity (Wildman–Crippen MR) is 119 cm³/mol. The van der Waals surface area contributed by atoms with Crippen LogP contribution < -0.4 is 10.1 Å². The first-order valence-electron chi connectivity index (χ1n) is 10.6. The normalized spacial score (nSPS) is 25.4. The van der Waals surface area contributed by atoms with Crippen molar-refractivity contribution in [2.45, 2.75) is 69.7 Å². The lowest BCUT2D eigenvalue weighted by Gasteiger charge is -2.36. The minimum absolute atomic E-state index is 0.0552. The fourth-order valence-corrected chi connectivity index (χ4v) is 5.02. The number of fused-ring (bicyclic) bond motifs is 3. The number of carbonyl (C=O) groups excluding carboxylic acids is 1. The zero-order chi connectivity index (χ0) is 23.6. The van der Waals surface area contributed by atoms with Crippen LogP contribution in [0.2, 0.25) is 5.02 Å². The zero-order valence-electron chi connectivity index (χ0n) is 18.4. The second-order valence-corrected chi connectivity index (χ2v) is 9.62. The van der Waals surface area contributed by atoms with Crippen molar-refractivity contribution in [1.29, 1.82) is 0 Å². The number of nitrogens with one attached hydrogen (secondary N) is 1. The molecule has 3 aliphatic rings. The molecule has 8 nitrogen and oxygen atoms in total. The lowest BCUT2D eigenvalue weighted by molar-refractivity contribution is -0.134. The van der Waals surface area contributed by atoms with Crippen LogP contribution in [-0.4, -0.2) is 63.7 Å². The van der Waals surface area contributed by atoms with E-state index >= 15 is 0 Å². The Morgan fingerprint density at radius 2 is 1.69 bits per heavy atom. The average molecular weight is 465 g/mol. The first-order valence-corrected chi connectivity index (χ1v) is 11.0. The largest absolute Gasteiger partial charge is 0.486 e. The molecule has 2 bridgehead atoms. The number of carbonyl (C=O) groups is 3. The number of ether oxygens (including phenoxy) is 1. The topological polar surface area (TPSA) is 116 Å². The number of aliphatic carboxylic acids is 2. The summed E-state index contributed by atoms with van der Waals surface area (Å²) in [5.41, 5.74) is 1.32. The summed E-state index contributed by atoms with van der Waals surface area (Å²) >= 11 is 6.24. The summed E-state index contributed by atoms with van der Waals surface area (Å²) in [6.45, 7) is 4.08. The van der Waals surface area contributed by atoms with Crippen molar-refractivity contribution >= 4 is 29.4 Å². The molecule has 2 fully saturated rings. The van der Waals surface area contributed by atoms with Gasteiger partial charge in [-0.15, -0.1) is 0 Å². The van der Waals surface area contributed by atoms with Crippen LogP contribution in [0.25, 0.3) is 0 Å². The van der Waals surface area contributed by atoms with E-state index in [9.17, 15) is 14.4 Å². The molecule has 9 heteroatoms. The van der Waals surface area contributed by atoms with Crippen LogP contribution in [0.1, 0.15) is 55.5 Å².